The van der Waals surface area contributed by atoms with Crippen molar-refractivity contribution in [2.24, 2.45) is 4.99 Å². The van der Waals surface area contributed by atoms with Crippen LogP contribution in [0.3, 0.4) is 0 Å². The van der Waals surface area contributed by atoms with Crippen LogP contribution in [0.15, 0.2) is 33.7 Å². The molecule has 2 rings (SSSR count). The van der Waals surface area contributed by atoms with Crippen molar-refractivity contribution in [2.75, 3.05) is 17.6 Å². The summed E-state index contributed by atoms with van der Waals surface area (Å²) in [6.07, 6.45) is 0. The molecule has 0 saturated carbocycles. The first kappa shape index (κ1) is 11.5. The zero-order valence-electron chi connectivity index (χ0n) is 8.37. The number of aliphatic imine (C=N–C) groups is 1. The number of halogens is 1. The van der Waals surface area contributed by atoms with Crippen LogP contribution in [0, 0.1) is 0 Å². The molecule has 0 radical (unpaired) electrons. The van der Waals surface area contributed by atoms with Gasteiger partial charge in [0.05, 0.1) is 6.54 Å². The Kier molecular flexibility index (Phi) is 3.84. The topological polar surface area (TPSA) is 53.5 Å². The quantitative estimate of drug-likeness (QED) is 0.838. The third-order valence-electron chi connectivity index (χ3n) is 1.89. The molecular formula is C10H10BrN3OS. The third kappa shape index (κ3) is 3.24. The molecule has 1 heterocycles. The van der Waals surface area contributed by atoms with Gasteiger partial charge in [-0.25, -0.2) is 4.79 Å². The van der Waals surface area contributed by atoms with Gasteiger partial charge in [0, 0.05) is 15.9 Å². The van der Waals surface area contributed by atoms with E-state index in [1.54, 1.807) is 11.8 Å². The van der Waals surface area contributed by atoms with E-state index in [4.69, 9.17) is 0 Å². The smallest absolute Gasteiger partial charge is 0.308 e. The van der Waals surface area contributed by atoms with Crippen LogP contribution in [0.5, 0.6) is 0 Å². The average molecular weight is 300 g/mol. The van der Waals surface area contributed by atoms with E-state index in [2.05, 4.69) is 31.6 Å². The SMILES string of the molecule is O=C(NC1=NCCS1)Nc1cccc(Br)c1. The molecular weight excluding hydrogens is 290 g/mol. The fourth-order valence-electron chi connectivity index (χ4n) is 1.24. The molecule has 0 aliphatic carbocycles. The maximum absolute atomic E-state index is 11.5. The average Bonchev–Trinajstić information content (AvgIpc) is 2.70. The van der Waals surface area contributed by atoms with E-state index >= 15 is 0 Å². The van der Waals surface area contributed by atoms with Gasteiger partial charge in [-0.2, -0.15) is 0 Å². The van der Waals surface area contributed by atoms with Crippen LogP contribution in [0.2, 0.25) is 0 Å². The minimum atomic E-state index is -0.258. The van der Waals surface area contributed by atoms with Crippen LogP contribution in [-0.4, -0.2) is 23.5 Å². The van der Waals surface area contributed by atoms with Gasteiger partial charge in [-0.05, 0) is 18.2 Å². The van der Waals surface area contributed by atoms with Crippen molar-refractivity contribution < 1.29 is 4.79 Å². The number of amidine groups is 1. The fraction of sp³-hybridized carbons (Fsp3) is 0.200. The molecule has 16 heavy (non-hydrogen) atoms. The molecule has 4 nitrogen and oxygen atoms in total. The standard InChI is InChI=1S/C10H10BrN3OS/c11-7-2-1-3-8(6-7)13-9(15)14-10-12-4-5-16-10/h1-3,6H,4-5H2,(H2,12,13,14,15). The van der Waals surface area contributed by atoms with E-state index in [0.29, 0.717) is 5.17 Å². The second kappa shape index (κ2) is 5.36. The lowest BCUT2D eigenvalue weighted by atomic mass is 10.3. The maximum Gasteiger partial charge on any atom is 0.325 e. The predicted octanol–water partition coefficient (Wildman–Crippen LogP) is 2.67. The lowest BCUT2D eigenvalue weighted by Crippen LogP contribution is -2.31. The Balaban J connectivity index is 1.91. The molecule has 6 heteroatoms. The molecule has 0 saturated heterocycles. The molecule has 2 N–H and O–H groups in total. The fourth-order valence-corrected chi connectivity index (χ4v) is 2.36. The van der Waals surface area contributed by atoms with Crippen LogP contribution < -0.4 is 10.6 Å². The van der Waals surface area contributed by atoms with Crippen molar-refractivity contribution in [3.05, 3.63) is 28.7 Å². The van der Waals surface area contributed by atoms with Gasteiger partial charge in [0.15, 0.2) is 5.17 Å². The van der Waals surface area contributed by atoms with E-state index < -0.39 is 0 Å². The van der Waals surface area contributed by atoms with Crippen molar-refractivity contribution in [3.8, 4) is 0 Å². The summed E-state index contributed by atoms with van der Waals surface area (Å²) in [5.74, 6) is 0.937. The van der Waals surface area contributed by atoms with Gasteiger partial charge in [-0.15, -0.1) is 0 Å². The van der Waals surface area contributed by atoms with Gasteiger partial charge in [0.25, 0.3) is 0 Å². The van der Waals surface area contributed by atoms with Crippen molar-refractivity contribution in [1.82, 2.24) is 5.32 Å². The van der Waals surface area contributed by atoms with Crippen LogP contribution >= 0.6 is 27.7 Å². The summed E-state index contributed by atoms with van der Waals surface area (Å²) in [5, 5.41) is 6.12. The number of nitrogens with one attached hydrogen (secondary N) is 2. The molecule has 0 bridgehead atoms. The van der Waals surface area contributed by atoms with Gasteiger partial charge >= 0.3 is 6.03 Å². The van der Waals surface area contributed by atoms with Gasteiger partial charge in [-0.3, -0.25) is 10.3 Å². The number of carbonyl (C=O) groups excluding carboxylic acids is 1. The zero-order valence-corrected chi connectivity index (χ0v) is 10.8. The second-order valence-electron chi connectivity index (χ2n) is 3.12. The van der Waals surface area contributed by atoms with Gasteiger partial charge in [0.2, 0.25) is 0 Å². The lowest BCUT2D eigenvalue weighted by molar-refractivity contribution is 0.256. The Morgan fingerprint density at radius 3 is 3.00 bits per heavy atom. The molecule has 0 aromatic heterocycles. The molecule has 1 aliphatic rings. The lowest BCUT2D eigenvalue weighted by Gasteiger charge is -2.06. The molecule has 1 aliphatic heterocycles. The van der Waals surface area contributed by atoms with E-state index in [0.717, 1.165) is 22.5 Å². The summed E-state index contributed by atoms with van der Waals surface area (Å²) < 4.78 is 0.929. The Morgan fingerprint density at radius 1 is 1.44 bits per heavy atom. The van der Waals surface area contributed by atoms with E-state index in [1.165, 1.54) is 0 Å². The summed E-state index contributed by atoms with van der Waals surface area (Å²) in [6, 6.07) is 7.17. The monoisotopic (exact) mass is 299 g/mol. The first-order chi connectivity index (χ1) is 7.74. The first-order valence-corrected chi connectivity index (χ1v) is 6.53. The highest BCUT2D eigenvalue weighted by atomic mass is 79.9. The summed E-state index contributed by atoms with van der Waals surface area (Å²) in [7, 11) is 0. The molecule has 84 valence electrons. The summed E-state index contributed by atoms with van der Waals surface area (Å²) in [6.45, 7) is 0.775. The first-order valence-electron chi connectivity index (χ1n) is 4.75. The van der Waals surface area contributed by atoms with Crippen molar-refractivity contribution in [3.63, 3.8) is 0 Å². The summed E-state index contributed by atoms with van der Waals surface area (Å²) in [5.41, 5.74) is 0.746. The van der Waals surface area contributed by atoms with Crippen LogP contribution in [0.1, 0.15) is 0 Å². The Bertz CT molecular complexity index is 436. The number of urea groups is 1. The highest BCUT2D eigenvalue weighted by molar-refractivity contribution is 9.10. The number of hydrogen-bond donors (Lipinski definition) is 2. The number of nitrogens with zero attached hydrogens (tertiary/aromatic N) is 1. The molecule has 0 fully saturated rings. The maximum atomic E-state index is 11.5. The number of anilines is 1. The molecule has 2 amide bonds. The Labute approximate surface area is 106 Å². The minimum Gasteiger partial charge on any atom is -0.308 e. The highest BCUT2D eigenvalue weighted by Crippen LogP contribution is 2.15. The van der Waals surface area contributed by atoms with Crippen molar-refractivity contribution >= 4 is 44.6 Å². The molecule has 0 spiro atoms. The van der Waals surface area contributed by atoms with Crippen molar-refractivity contribution in [2.45, 2.75) is 0 Å². The molecule has 0 unspecified atom stereocenters. The Hall–Kier alpha value is -1.01. The zero-order chi connectivity index (χ0) is 11.4. The van der Waals surface area contributed by atoms with E-state index in [9.17, 15) is 4.79 Å². The normalized spacial score (nSPS) is 14.4. The van der Waals surface area contributed by atoms with E-state index in [1.807, 2.05) is 24.3 Å². The minimum absolute atomic E-state index is 0.258. The van der Waals surface area contributed by atoms with Gasteiger partial charge in [-0.1, -0.05) is 33.8 Å². The number of amides is 2. The summed E-state index contributed by atoms with van der Waals surface area (Å²) in [4.78, 5) is 15.7. The van der Waals surface area contributed by atoms with Crippen LogP contribution in [-0.2, 0) is 0 Å². The highest BCUT2D eigenvalue weighted by Gasteiger charge is 2.10. The number of hydrogen-bond acceptors (Lipinski definition) is 3. The Morgan fingerprint density at radius 2 is 2.31 bits per heavy atom. The molecule has 1 aromatic carbocycles. The van der Waals surface area contributed by atoms with Crippen LogP contribution in [0.4, 0.5) is 10.5 Å². The third-order valence-corrected chi connectivity index (χ3v) is 3.27. The van der Waals surface area contributed by atoms with Crippen molar-refractivity contribution in [1.29, 1.82) is 0 Å². The van der Waals surface area contributed by atoms with E-state index in [-0.39, 0.29) is 6.03 Å². The molecule has 0 atom stereocenters. The van der Waals surface area contributed by atoms with Gasteiger partial charge < -0.3 is 5.32 Å². The van der Waals surface area contributed by atoms with Gasteiger partial charge in [0.1, 0.15) is 0 Å². The number of rotatable bonds is 1. The number of thioether (sulfide) groups is 1. The second-order valence-corrected chi connectivity index (χ2v) is 5.12. The largest absolute Gasteiger partial charge is 0.325 e. The predicted molar refractivity (Wildman–Crippen MR) is 71.1 cm³/mol. The molecule has 1 aromatic rings. The number of benzene rings is 1. The summed E-state index contributed by atoms with van der Waals surface area (Å²) >= 11 is 4.89. The van der Waals surface area contributed by atoms with Crippen LogP contribution in [0.25, 0.3) is 0 Å². The number of carbonyl (C=O) groups is 1.